The first-order chi connectivity index (χ1) is 15.9. The summed E-state index contributed by atoms with van der Waals surface area (Å²) in [7, 11) is -3.73. The summed E-state index contributed by atoms with van der Waals surface area (Å²) in [5.41, 5.74) is 2.28. The van der Waals surface area contributed by atoms with Gasteiger partial charge in [0.25, 0.3) is 0 Å². The topological polar surface area (TPSA) is 60.9 Å². The predicted octanol–water partition coefficient (Wildman–Crippen LogP) is 3.66. The number of benzene rings is 2. The van der Waals surface area contributed by atoms with E-state index in [9.17, 15) is 13.2 Å². The molecular weight excluding hydrogens is 434 g/mol. The summed E-state index contributed by atoms with van der Waals surface area (Å²) in [6.07, 6.45) is 4.80. The third kappa shape index (κ3) is 6.02. The second-order valence-electron chi connectivity index (χ2n) is 9.30. The summed E-state index contributed by atoms with van der Waals surface area (Å²) in [6, 6.07) is 17.2. The molecule has 0 spiro atoms. The molecule has 0 unspecified atom stereocenters. The zero-order valence-electron chi connectivity index (χ0n) is 19.5. The molecule has 2 fully saturated rings. The molecule has 0 aromatic heterocycles. The average molecular weight is 470 g/mol. The van der Waals surface area contributed by atoms with E-state index in [4.69, 9.17) is 0 Å². The molecule has 4 rings (SSSR count). The van der Waals surface area contributed by atoms with Crippen LogP contribution in [0.1, 0.15) is 43.2 Å². The molecule has 2 aliphatic rings. The SMILES string of the molecule is Cc1ccc(S(=O)(=O)N(CC(=O)N2CCN(Cc3ccccc3)CC2)C2CCCCC2)cc1. The van der Waals surface area contributed by atoms with Gasteiger partial charge in [-0.15, -0.1) is 0 Å². The van der Waals surface area contributed by atoms with Crippen LogP contribution in [-0.4, -0.2) is 67.2 Å². The van der Waals surface area contributed by atoms with Gasteiger partial charge in [-0.25, -0.2) is 8.42 Å². The molecule has 0 N–H and O–H groups in total. The second-order valence-corrected chi connectivity index (χ2v) is 11.2. The first-order valence-electron chi connectivity index (χ1n) is 12.1. The zero-order chi connectivity index (χ0) is 23.3. The molecule has 7 heteroatoms. The molecule has 1 amide bonds. The van der Waals surface area contributed by atoms with Gasteiger partial charge in [0.15, 0.2) is 0 Å². The number of carbonyl (C=O) groups is 1. The number of aryl methyl sites for hydroxylation is 1. The molecule has 1 saturated heterocycles. The Morgan fingerprint density at radius 1 is 0.909 bits per heavy atom. The molecule has 0 bridgehead atoms. The van der Waals surface area contributed by atoms with Crippen LogP contribution in [0.3, 0.4) is 0 Å². The van der Waals surface area contributed by atoms with Crippen LogP contribution >= 0.6 is 0 Å². The van der Waals surface area contributed by atoms with Gasteiger partial charge < -0.3 is 4.90 Å². The standard InChI is InChI=1S/C26H35N3O3S/c1-22-12-14-25(15-13-22)33(31,32)29(24-10-6-3-7-11-24)21-26(30)28-18-16-27(17-19-28)20-23-8-4-2-5-9-23/h2,4-5,8-9,12-15,24H,3,6-7,10-11,16-21H2,1H3. The minimum Gasteiger partial charge on any atom is -0.339 e. The van der Waals surface area contributed by atoms with E-state index in [1.54, 1.807) is 12.1 Å². The van der Waals surface area contributed by atoms with Crippen molar-refractivity contribution in [1.82, 2.24) is 14.1 Å². The van der Waals surface area contributed by atoms with Crippen molar-refractivity contribution < 1.29 is 13.2 Å². The zero-order valence-corrected chi connectivity index (χ0v) is 20.3. The lowest BCUT2D eigenvalue weighted by Crippen LogP contribution is -2.53. The number of carbonyl (C=O) groups excluding carboxylic acids is 1. The highest BCUT2D eigenvalue weighted by molar-refractivity contribution is 7.89. The van der Waals surface area contributed by atoms with Crippen LogP contribution in [0.15, 0.2) is 59.5 Å². The molecule has 33 heavy (non-hydrogen) atoms. The van der Waals surface area contributed by atoms with Crippen molar-refractivity contribution in [1.29, 1.82) is 0 Å². The van der Waals surface area contributed by atoms with E-state index in [0.717, 1.165) is 57.3 Å². The minimum atomic E-state index is -3.73. The Bertz CT molecular complexity index is 1010. The van der Waals surface area contributed by atoms with Crippen LogP contribution in [0.2, 0.25) is 0 Å². The molecule has 1 aliphatic carbocycles. The normalized spacial score (nSPS) is 18.5. The summed E-state index contributed by atoms with van der Waals surface area (Å²) in [5.74, 6) is -0.0874. The van der Waals surface area contributed by atoms with Crippen molar-refractivity contribution in [2.24, 2.45) is 0 Å². The Morgan fingerprint density at radius 2 is 1.55 bits per heavy atom. The summed E-state index contributed by atoms with van der Waals surface area (Å²) in [4.78, 5) is 17.7. The van der Waals surface area contributed by atoms with E-state index in [-0.39, 0.29) is 23.4 Å². The molecule has 2 aromatic rings. The fraction of sp³-hybridized carbons (Fsp3) is 0.500. The van der Waals surface area contributed by atoms with Crippen LogP contribution < -0.4 is 0 Å². The lowest BCUT2D eigenvalue weighted by Gasteiger charge is -2.37. The maximum absolute atomic E-state index is 13.6. The molecule has 6 nitrogen and oxygen atoms in total. The van der Waals surface area contributed by atoms with Gasteiger partial charge in [-0.3, -0.25) is 9.69 Å². The summed E-state index contributed by atoms with van der Waals surface area (Å²) < 4.78 is 28.6. The Hall–Kier alpha value is -2.22. The van der Waals surface area contributed by atoms with Crippen LogP contribution in [-0.2, 0) is 21.4 Å². The van der Waals surface area contributed by atoms with E-state index in [2.05, 4.69) is 17.0 Å². The van der Waals surface area contributed by atoms with Crippen LogP contribution in [0.25, 0.3) is 0 Å². The van der Waals surface area contributed by atoms with Gasteiger partial charge in [-0.05, 0) is 37.5 Å². The van der Waals surface area contributed by atoms with Gasteiger partial charge in [0.05, 0.1) is 11.4 Å². The van der Waals surface area contributed by atoms with E-state index in [1.165, 1.54) is 9.87 Å². The van der Waals surface area contributed by atoms with Crippen molar-refractivity contribution in [2.75, 3.05) is 32.7 Å². The number of sulfonamides is 1. The molecule has 1 saturated carbocycles. The third-order valence-electron chi connectivity index (χ3n) is 6.87. The smallest absolute Gasteiger partial charge is 0.243 e. The first kappa shape index (κ1) is 23.9. The quantitative estimate of drug-likeness (QED) is 0.621. The summed E-state index contributed by atoms with van der Waals surface area (Å²) >= 11 is 0. The van der Waals surface area contributed by atoms with Gasteiger partial charge in [-0.2, -0.15) is 4.31 Å². The Labute approximate surface area is 198 Å². The van der Waals surface area contributed by atoms with Gasteiger partial charge >= 0.3 is 0 Å². The summed E-state index contributed by atoms with van der Waals surface area (Å²) in [5, 5.41) is 0. The molecule has 178 valence electrons. The molecular formula is C26H35N3O3S. The lowest BCUT2D eigenvalue weighted by molar-refractivity contribution is -0.133. The van der Waals surface area contributed by atoms with Gasteiger partial charge in [-0.1, -0.05) is 67.3 Å². The predicted molar refractivity (Wildman–Crippen MR) is 130 cm³/mol. The van der Waals surface area contributed by atoms with E-state index in [0.29, 0.717) is 13.1 Å². The largest absolute Gasteiger partial charge is 0.339 e. The highest BCUT2D eigenvalue weighted by atomic mass is 32.2. The molecule has 0 radical (unpaired) electrons. The number of amides is 1. The van der Waals surface area contributed by atoms with Gasteiger partial charge in [0.2, 0.25) is 15.9 Å². The average Bonchev–Trinajstić information content (AvgIpc) is 2.84. The Balaban J connectivity index is 1.43. The van der Waals surface area contributed by atoms with Gasteiger partial charge in [0, 0.05) is 38.8 Å². The Kier molecular flexibility index (Phi) is 7.83. The fourth-order valence-corrected chi connectivity index (χ4v) is 6.49. The lowest BCUT2D eigenvalue weighted by atomic mass is 9.95. The van der Waals surface area contributed by atoms with E-state index >= 15 is 0 Å². The maximum Gasteiger partial charge on any atom is 0.243 e. The molecule has 1 aliphatic heterocycles. The van der Waals surface area contributed by atoms with Gasteiger partial charge in [0.1, 0.15) is 0 Å². The van der Waals surface area contributed by atoms with E-state index in [1.807, 2.05) is 42.2 Å². The molecule has 0 atom stereocenters. The number of piperazine rings is 1. The highest BCUT2D eigenvalue weighted by Gasteiger charge is 2.35. The number of nitrogens with zero attached hydrogens (tertiary/aromatic N) is 3. The van der Waals surface area contributed by atoms with Crippen molar-refractivity contribution >= 4 is 15.9 Å². The van der Waals surface area contributed by atoms with Crippen LogP contribution in [0, 0.1) is 6.92 Å². The van der Waals surface area contributed by atoms with Crippen molar-refractivity contribution in [2.45, 2.75) is 56.5 Å². The second kappa shape index (κ2) is 10.8. The number of hydrogen-bond donors (Lipinski definition) is 0. The third-order valence-corrected chi connectivity index (χ3v) is 8.79. The monoisotopic (exact) mass is 469 g/mol. The fourth-order valence-electron chi connectivity index (χ4n) is 4.86. The summed E-state index contributed by atoms with van der Waals surface area (Å²) in [6.45, 7) is 5.61. The highest BCUT2D eigenvalue weighted by Crippen LogP contribution is 2.28. The minimum absolute atomic E-state index is 0.0699. The molecule has 1 heterocycles. The van der Waals surface area contributed by atoms with Crippen LogP contribution in [0.4, 0.5) is 0 Å². The molecule has 2 aromatic carbocycles. The van der Waals surface area contributed by atoms with Crippen LogP contribution in [0.5, 0.6) is 0 Å². The van der Waals surface area contributed by atoms with Crippen molar-refractivity contribution in [3.63, 3.8) is 0 Å². The van der Waals surface area contributed by atoms with Crippen molar-refractivity contribution in [3.8, 4) is 0 Å². The number of hydrogen-bond acceptors (Lipinski definition) is 4. The maximum atomic E-state index is 13.6. The number of rotatable bonds is 7. The Morgan fingerprint density at radius 3 is 2.18 bits per heavy atom. The first-order valence-corrected chi connectivity index (χ1v) is 13.5. The van der Waals surface area contributed by atoms with Crippen molar-refractivity contribution in [3.05, 3.63) is 65.7 Å². The van der Waals surface area contributed by atoms with E-state index < -0.39 is 10.0 Å².